The molecule has 0 atom stereocenters. The van der Waals surface area contributed by atoms with Crippen molar-refractivity contribution >= 4 is 21.7 Å². The quantitative estimate of drug-likeness (QED) is 0.766. The van der Waals surface area contributed by atoms with E-state index in [1.165, 1.54) is 7.11 Å². The summed E-state index contributed by atoms with van der Waals surface area (Å²) in [6, 6.07) is 5.19. The Labute approximate surface area is 147 Å². The van der Waals surface area contributed by atoms with Crippen LogP contribution in [0, 0.1) is 20.8 Å². The number of nitrogens with one attached hydrogen (secondary N) is 2. The summed E-state index contributed by atoms with van der Waals surface area (Å²) in [7, 11) is -2.45. The molecule has 2 rings (SSSR count). The minimum Gasteiger partial charge on any atom is -0.495 e. The normalized spacial score (nSPS) is 11.2. The maximum Gasteiger partial charge on any atom is 0.355 e. The van der Waals surface area contributed by atoms with E-state index in [-0.39, 0.29) is 17.2 Å². The molecule has 0 aliphatic carbocycles. The van der Waals surface area contributed by atoms with Crippen LogP contribution in [0.25, 0.3) is 0 Å². The number of hydrogen-bond donors (Lipinski definition) is 2. The van der Waals surface area contributed by atoms with E-state index in [0.29, 0.717) is 22.7 Å². The van der Waals surface area contributed by atoms with Gasteiger partial charge >= 0.3 is 5.97 Å². The molecule has 0 radical (unpaired) electrons. The fraction of sp³-hybridized carbons (Fsp3) is 0.353. The molecule has 2 N–H and O–H groups in total. The van der Waals surface area contributed by atoms with Gasteiger partial charge in [-0.3, -0.25) is 4.72 Å². The van der Waals surface area contributed by atoms with Gasteiger partial charge in [0.25, 0.3) is 10.0 Å². The van der Waals surface area contributed by atoms with Crippen molar-refractivity contribution in [2.24, 2.45) is 0 Å². The average Bonchev–Trinajstić information content (AvgIpc) is 2.83. The molecular weight excluding hydrogens is 344 g/mol. The Balaban J connectivity index is 2.48. The number of aromatic nitrogens is 1. The van der Waals surface area contributed by atoms with E-state index in [0.717, 1.165) is 5.56 Å². The Morgan fingerprint density at radius 2 is 1.92 bits per heavy atom. The molecule has 7 nitrogen and oxygen atoms in total. The van der Waals surface area contributed by atoms with Crippen LogP contribution in [0.4, 0.5) is 5.69 Å². The molecule has 0 spiro atoms. The van der Waals surface area contributed by atoms with Crippen LogP contribution in [0.2, 0.25) is 0 Å². The third-order valence-corrected chi connectivity index (χ3v) is 5.35. The lowest BCUT2D eigenvalue weighted by Crippen LogP contribution is -2.15. The summed E-state index contributed by atoms with van der Waals surface area (Å²) in [4.78, 5) is 14.8. The van der Waals surface area contributed by atoms with Crippen LogP contribution in [-0.2, 0) is 14.8 Å². The van der Waals surface area contributed by atoms with Gasteiger partial charge in [0, 0.05) is 11.3 Å². The molecular formula is C17H22N2O5S. The van der Waals surface area contributed by atoms with Crippen molar-refractivity contribution in [1.29, 1.82) is 0 Å². The highest BCUT2D eigenvalue weighted by Crippen LogP contribution is 2.30. The number of rotatable bonds is 6. The molecule has 0 amide bonds. The predicted octanol–water partition coefficient (Wildman–Crippen LogP) is 2.93. The first-order valence-corrected chi connectivity index (χ1v) is 9.23. The molecule has 1 heterocycles. The highest BCUT2D eigenvalue weighted by atomic mass is 32.2. The summed E-state index contributed by atoms with van der Waals surface area (Å²) in [5.41, 5.74) is 2.03. The van der Waals surface area contributed by atoms with Gasteiger partial charge in [0.05, 0.1) is 19.4 Å². The molecule has 0 fully saturated rings. The number of benzene rings is 1. The number of anilines is 1. The number of ether oxygens (including phenoxy) is 2. The number of aryl methyl sites for hydroxylation is 2. The van der Waals surface area contributed by atoms with Crippen molar-refractivity contribution in [3.05, 3.63) is 40.7 Å². The third-order valence-electron chi connectivity index (χ3n) is 3.72. The Bertz CT molecular complexity index is 900. The lowest BCUT2D eigenvalue weighted by atomic mass is 10.2. The van der Waals surface area contributed by atoms with E-state index >= 15 is 0 Å². The second-order valence-electron chi connectivity index (χ2n) is 5.61. The number of hydrogen-bond acceptors (Lipinski definition) is 5. The number of H-pyrrole nitrogens is 1. The van der Waals surface area contributed by atoms with Crippen LogP contribution < -0.4 is 9.46 Å². The van der Waals surface area contributed by atoms with Crippen molar-refractivity contribution in [3.8, 4) is 5.75 Å². The smallest absolute Gasteiger partial charge is 0.355 e. The molecule has 0 bridgehead atoms. The fourth-order valence-corrected chi connectivity index (χ4v) is 4.15. The van der Waals surface area contributed by atoms with Gasteiger partial charge in [0.1, 0.15) is 16.3 Å². The van der Waals surface area contributed by atoms with Gasteiger partial charge in [-0.05, 0) is 45.4 Å². The molecule has 25 heavy (non-hydrogen) atoms. The van der Waals surface area contributed by atoms with Gasteiger partial charge in [-0.25, -0.2) is 13.2 Å². The largest absolute Gasteiger partial charge is 0.495 e. The third kappa shape index (κ3) is 3.79. The minimum atomic E-state index is -3.92. The molecule has 2 aromatic rings. The molecule has 0 aliphatic heterocycles. The summed E-state index contributed by atoms with van der Waals surface area (Å²) in [5.74, 6) is -0.177. The van der Waals surface area contributed by atoms with Gasteiger partial charge in [-0.15, -0.1) is 0 Å². The molecule has 1 aromatic heterocycles. The van der Waals surface area contributed by atoms with E-state index in [1.807, 2.05) is 13.0 Å². The van der Waals surface area contributed by atoms with Crippen molar-refractivity contribution in [2.75, 3.05) is 18.4 Å². The van der Waals surface area contributed by atoms with Gasteiger partial charge < -0.3 is 14.5 Å². The molecule has 1 aromatic carbocycles. The Morgan fingerprint density at radius 3 is 2.52 bits per heavy atom. The lowest BCUT2D eigenvalue weighted by Gasteiger charge is -2.13. The van der Waals surface area contributed by atoms with Crippen molar-refractivity contribution < 1.29 is 22.7 Å². The van der Waals surface area contributed by atoms with Crippen LogP contribution in [-0.4, -0.2) is 33.1 Å². The number of aromatic amines is 1. The van der Waals surface area contributed by atoms with Gasteiger partial charge in [0.2, 0.25) is 0 Å². The van der Waals surface area contributed by atoms with Crippen molar-refractivity contribution in [3.63, 3.8) is 0 Å². The van der Waals surface area contributed by atoms with Crippen molar-refractivity contribution in [2.45, 2.75) is 32.6 Å². The molecule has 0 saturated carbocycles. The maximum atomic E-state index is 12.9. The summed E-state index contributed by atoms with van der Waals surface area (Å²) >= 11 is 0. The number of sulfonamides is 1. The maximum absolute atomic E-state index is 12.9. The van der Waals surface area contributed by atoms with E-state index in [2.05, 4.69) is 9.71 Å². The Kier molecular flexibility index (Phi) is 5.42. The molecule has 8 heteroatoms. The molecule has 0 unspecified atom stereocenters. The fourth-order valence-electron chi connectivity index (χ4n) is 2.64. The molecule has 0 aliphatic rings. The zero-order valence-electron chi connectivity index (χ0n) is 14.9. The highest BCUT2D eigenvalue weighted by molar-refractivity contribution is 7.92. The lowest BCUT2D eigenvalue weighted by molar-refractivity contribution is 0.0519. The second-order valence-corrected chi connectivity index (χ2v) is 7.23. The second kappa shape index (κ2) is 7.18. The van der Waals surface area contributed by atoms with Gasteiger partial charge in [0.15, 0.2) is 0 Å². The summed E-state index contributed by atoms with van der Waals surface area (Å²) in [5, 5.41) is 0. The van der Waals surface area contributed by atoms with Crippen LogP contribution >= 0.6 is 0 Å². The van der Waals surface area contributed by atoms with E-state index < -0.39 is 16.0 Å². The monoisotopic (exact) mass is 366 g/mol. The summed E-state index contributed by atoms with van der Waals surface area (Å²) in [6.07, 6.45) is 0. The zero-order chi connectivity index (χ0) is 18.8. The topological polar surface area (TPSA) is 97.5 Å². The standard InChI is InChI=1S/C17H22N2O5S/c1-6-24-17(20)15-11(3)16(12(4)18-15)25(21,22)19-13-9-10(2)7-8-14(13)23-5/h7-9,18-19H,6H2,1-5H3. The highest BCUT2D eigenvalue weighted by Gasteiger charge is 2.28. The Hall–Kier alpha value is -2.48. The summed E-state index contributed by atoms with van der Waals surface area (Å²) in [6.45, 7) is 6.90. The first-order valence-electron chi connectivity index (χ1n) is 7.75. The van der Waals surface area contributed by atoms with Gasteiger partial charge in [-0.1, -0.05) is 6.07 Å². The number of methoxy groups -OCH3 is 1. The van der Waals surface area contributed by atoms with Crippen LogP contribution in [0.1, 0.15) is 34.2 Å². The van der Waals surface area contributed by atoms with E-state index in [1.54, 1.807) is 32.9 Å². The predicted molar refractivity (Wildman–Crippen MR) is 94.8 cm³/mol. The van der Waals surface area contributed by atoms with E-state index in [9.17, 15) is 13.2 Å². The first-order chi connectivity index (χ1) is 11.7. The number of carbonyl (C=O) groups is 1. The van der Waals surface area contributed by atoms with Crippen molar-refractivity contribution in [1.82, 2.24) is 4.98 Å². The van der Waals surface area contributed by atoms with Crippen LogP contribution in [0.3, 0.4) is 0 Å². The minimum absolute atomic E-state index is 0.0270. The number of esters is 1. The van der Waals surface area contributed by atoms with E-state index in [4.69, 9.17) is 9.47 Å². The zero-order valence-corrected chi connectivity index (χ0v) is 15.7. The summed E-state index contributed by atoms with van der Waals surface area (Å²) < 4.78 is 38.5. The SMILES string of the molecule is CCOC(=O)c1[nH]c(C)c(S(=O)(=O)Nc2cc(C)ccc2OC)c1C. The van der Waals surface area contributed by atoms with Crippen LogP contribution in [0.5, 0.6) is 5.75 Å². The van der Waals surface area contributed by atoms with Crippen LogP contribution in [0.15, 0.2) is 23.1 Å². The average molecular weight is 366 g/mol. The first kappa shape index (κ1) is 18.9. The molecule has 0 saturated heterocycles. The Morgan fingerprint density at radius 1 is 1.24 bits per heavy atom. The van der Waals surface area contributed by atoms with Gasteiger partial charge in [-0.2, -0.15) is 0 Å². The molecule has 136 valence electrons. The number of carbonyl (C=O) groups excluding carboxylic acids is 1.